The topological polar surface area (TPSA) is 15.3 Å². The van der Waals surface area contributed by atoms with Crippen molar-refractivity contribution in [1.82, 2.24) is 0 Å². The maximum absolute atomic E-state index is 3.38. The number of nitrogens with one attached hydrogen (secondary N) is 1. The molecular weight excluding hydrogens is 589 g/mol. The Labute approximate surface area is 151 Å². The molecule has 2 aromatic rings. The van der Waals surface area contributed by atoms with Gasteiger partial charge in [0.25, 0.3) is 0 Å². The zero-order chi connectivity index (χ0) is 15.0. The van der Waals surface area contributed by atoms with Crippen LogP contribution >= 0.6 is 37.2 Å². The molecule has 0 spiro atoms. The molecule has 110 valence electrons. The van der Waals surface area contributed by atoms with Crippen LogP contribution in [0.4, 0.5) is 17.1 Å². The minimum absolute atomic E-state index is 0.530. The van der Waals surface area contributed by atoms with Crippen molar-refractivity contribution < 1.29 is 13.3 Å². The standard InChI is InChI=1S/C15H18N2.I3/c1-12-4-6-13(7-5-12)16-14-8-10-15(11-9-14)17(2)3;1-3-2/h4-11,16H,1-3H3;/q;-1. The SMILES string of the molecule is Cc1ccc(Nc2ccc(N(C)C)cc2)cc1.I[I-]I. The average Bonchev–Trinajstić information content (AvgIpc) is 2.43. The van der Waals surface area contributed by atoms with E-state index in [9.17, 15) is 0 Å². The number of hydrogen-bond acceptors (Lipinski definition) is 2. The van der Waals surface area contributed by atoms with Gasteiger partial charge in [0.05, 0.1) is 0 Å². The Balaban J connectivity index is 0.000000612. The Bertz CT molecular complexity index is 496. The molecule has 0 saturated carbocycles. The van der Waals surface area contributed by atoms with E-state index in [2.05, 4.69) is 103 Å². The maximum atomic E-state index is 3.38. The number of benzene rings is 2. The van der Waals surface area contributed by atoms with Gasteiger partial charge in [-0.15, -0.1) is 0 Å². The molecule has 0 aliphatic carbocycles. The van der Waals surface area contributed by atoms with E-state index in [1.807, 2.05) is 14.1 Å². The Kier molecular flexibility index (Phi) is 9.18. The quantitative estimate of drug-likeness (QED) is 0.541. The van der Waals surface area contributed by atoms with Crippen molar-refractivity contribution in [2.24, 2.45) is 0 Å². The summed E-state index contributed by atoms with van der Waals surface area (Å²) in [5.41, 5.74) is 4.71. The predicted molar refractivity (Wildman–Crippen MR) is 103 cm³/mol. The monoisotopic (exact) mass is 607 g/mol. The van der Waals surface area contributed by atoms with Gasteiger partial charge in [-0.05, 0) is 43.3 Å². The fraction of sp³-hybridized carbons (Fsp3) is 0.200. The number of aryl methyl sites for hydroxylation is 1. The number of hydrogen-bond donors (Lipinski definition) is 1. The van der Waals surface area contributed by atoms with Crippen LogP contribution in [-0.2, 0) is 0 Å². The van der Waals surface area contributed by atoms with Crippen LogP contribution < -0.4 is 23.5 Å². The van der Waals surface area contributed by atoms with Crippen molar-refractivity contribution >= 4 is 54.3 Å². The summed E-state index contributed by atoms with van der Waals surface area (Å²) in [7, 11) is 4.09. The van der Waals surface area contributed by atoms with Crippen LogP contribution in [0.2, 0.25) is 0 Å². The van der Waals surface area contributed by atoms with E-state index in [1.165, 1.54) is 11.3 Å². The zero-order valence-electron chi connectivity index (χ0n) is 11.7. The molecule has 0 amide bonds. The first-order chi connectivity index (χ1) is 9.56. The molecule has 0 saturated heterocycles. The second-order valence-corrected chi connectivity index (χ2v) is 20.7. The normalized spacial score (nSPS) is 9.65. The van der Waals surface area contributed by atoms with Crippen LogP contribution in [0.25, 0.3) is 0 Å². The van der Waals surface area contributed by atoms with Gasteiger partial charge in [-0.1, -0.05) is 17.7 Å². The molecular formula is C15H18I3N2-. The average molecular weight is 607 g/mol. The van der Waals surface area contributed by atoms with Crippen molar-refractivity contribution in [3.8, 4) is 0 Å². The van der Waals surface area contributed by atoms with Gasteiger partial charge < -0.3 is 10.2 Å². The van der Waals surface area contributed by atoms with Crippen molar-refractivity contribution in [3.05, 3.63) is 54.1 Å². The predicted octanol–water partition coefficient (Wildman–Crippen LogP) is 2.58. The number of nitrogens with zero attached hydrogens (tertiary/aromatic N) is 1. The molecule has 0 radical (unpaired) electrons. The van der Waals surface area contributed by atoms with Crippen molar-refractivity contribution in [2.45, 2.75) is 6.92 Å². The third-order valence-corrected chi connectivity index (χ3v) is 2.72. The summed E-state index contributed by atoms with van der Waals surface area (Å²) < 4.78 is 0. The summed E-state index contributed by atoms with van der Waals surface area (Å²) in [5, 5.41) is 3.38. The van der Waals surface area contributed by atoms with E-state index in [1.54, 1.807) is 0 Å². The van der Waals surface area contributed by atoms with Crippen LogP contribution in [0.1, 0.15) is 5.56 Å². The Morgan fingerprint density at radius 1 is 0.850 bits per heavy atom. The molecule has 0 atom stereocenters. The molecule has 2 rings (SSSR count). The second kappa shape index (κ2) is 10.0. The summed E-state index contributed by atoms with van der Waals surface area (Å²) in [6.45, 7) is 2.09. The number of rotatable bonds is 3. The van der Waals surface area contributed by atoms with Gasteiger partial charge in [-0.2, -0.15) is 0 Å². The molecule has 5 heteroatoms. The van der Waals surface area contributed by atoms with Crippen molar-refractivity contribution in [1.29, 1.82) is 0 Å². The van der Waals surface area contributed by atoms with Crippen LogP contribution in [-0.4, -0.2) is 14.1 Å². The summed E-state index contributed by atoms with van der Waals surface area (Å²) in [5.74, 6) is 0. The van der Waals surface area contributed by atoms with Gasteiger partial charge in [0.2, 0.25) is 0 Å². The molecule has 0 aliphatic heterocycles. The Hall–Kier alpha value is 0.230. The van der Waals surface area contributed by atoms with Crippen LogP contribution in [0.3, 0.4) is 0 Å². The molecule has 0 heterocycles. The Morgan fingerprint density at radius 2 is 1.25 bits per heavy atom. The van der Waals surface area contributed by atoms with E-state index in [0.717, 1.165) is 11.4 Å². The van der Waals surface area contributed by atoms with Crippen molar-refractivity contribution in [3.63, 3.8) is 0 Å². The van der Waals surface area contributed by atoms with E-state index in [4.69, 9.17) is 0 Å². The fourth-order valence-corrected chi connectivity index (χ4v) is 1.65. The van der Waals surface area contributed by atoms with E-state index in [0.29, 0.717) is 13.3 Å². The van der Waals surface area contributed by atoms with Gasteiger partial charge in [0.15, 0.2) is 0 Å². The van der Waals surface area contributed by atoms with Gasteiger partial charge in [0, 0.05) is 31.2 Å². The van der Waals surface area contributed by atoms with Gasteiger partial charge in [-0.3, -0.25) is 0 Å². The zero-order valence-corrected chi connectivity index (χ0v) is 18.2. The number of halogens is 3. The minimum atomic E-state index is 0.530. The molecule has 2 nitrogen and oxygen atoms in total. The summed E-state index contributed by atoms with van der Waals surface area (Å²) in [6, 6.07) is 16.8. The van der Waals surface area contributed by atoms with E-state index in [-0.39, 0.29) is 0 Å². The van der Waals surface area contributed by atoms with Crippen LogP contribution in [0.5, 0.6) is 0 Å². The molecule has 0 aromatic heterocycles. The molecule has 20 heavy (non-hydrogen) atoms. The number of anilines is 3. The first-order valence-electron chi connectivity index (χ1n) is 6.05. The fourth-order valence-electron chi connectivity index (χ4n) is 1.65. The first kappa shape index (κ1) is 18.3. The molecule has 0 unspecified atom stereocenters. The summed E-state index contributed by atoms with van der Waals surface area (Å²) in [6.07, 6.45) is 0. The van der Waals surface area contributed by atoms with E-state index < -0.39 is 0 Å². The van der Waals surface area contributed by atoms with Gasteiger partial charge >= 0.3 is 50.5 Å². The molecule has 1 N–H and O–H groups in total. The van der Waals surface area contributed by atoms with Crippen LogP contribution in [0, 0.1) is 6.92 Å². The van der Waals surface area contributed by atoms with Gasteiger partial charge in [0.1, 0.15) is 0 Å². The molecule has 0 aliphatic rings. The summed E-state index contributed by atoms with van der Waals surface area (Å²) >= 11 is 5.30. The molecule has 0 bridgehead atoms. The van der Waals surface area contributed by atoms with Crippen molar-refractivity contribution in [2.75, 3.05) is 24.3 Å². The second-order valence-electron chi connectivity index (χ2n) is 4.49. The first-order valence-corrected chi connectivity index (χ1v) is 18.6. The Morgan fingerprint density at radius 3 is 1.65 bits per heavy atom. The van der Waals surface area contributed by atoms with E-state index >= 15 is 0 Å². The third kappa shape index (κ3) is 6.79. The van der Waals surface area contributed by atoms with Gasteiger partial charge in [-0.25, -0.2) is 0 Å². The summed E-state index contributed by atoms with van der Waals surface area (Å²) in [4.78, 5) is 2.09. The van der Waals surface area contributed by atoms with Crippen LogP contribution in [0.15, 0.2) is 48.5 Å². The third-order valence-electron chi connectivity index (χ3n) is 2.72. The molecule has 2 aromatic carbocycles. The molecule has 0 fully saturated rings.